The average Bonchev–Trinajstić information content (AvgIpc) is 2.22. The second-order valence-corrected chi connectivity index (χ2v) is 4.06. The molecule has 5 heteroatoms. The van der Waals surface area contributed by atoms with E-state index >= 15 is 0 Å². The molecule has 0 aliphatic carbocycles. The predicted octanol–water partition coefficient (Wildman–Crippen LogP) is 1.95. The molecular weight excluding hydrogens is 309 g/mol. The van der Waals surface area contributed by atoms with E-state index in [2.05, 4.69) is 32.6 Å². The molecule has 0 atom stereocenters. The lowest BCUT2D eigenvalue weighted by Crippen LogP contribution is -2.08. The molecule has 0 unspecified atom stereocenters. The number of rotatable bonds is 3. The van der Waals surface area contributed by atoms with Gasteiger partial charge in [-0.15, -0.1) is 0 Å². The number of hydrogen-bond donors (Lipinski definition) is 1. The lowest BCUT2D eigenvalue weighted by molar-refractivity contribution is -0.105. The quantitative estimate of drug-likeness (QED) is 0.526. The molecule has 0 spiro atoms. The van der Waals surface area contributed by atoms with Crippen molar-refractivity contribution in [3.63, 3.8) is 0 Å². The van der Waals surface area contributed by atoms with Crippen molar-refractivity contribution in [2.75, 3.05) is 12.4 Å². The van der Waals surface area contributed by atoms with E-state index in [1.54, 1.807) is 12.1 Å². The van der Waals surface area contributed by atoms with Gasteiger partial charge in [-0.25, -0.2) is 4.79 Å². The van der Waals surface area contributed by atoms with Crippen LogP contribution in [0.1, 0.15) is 15.9 Å². The van der Waals surface area contributed by atoms with Crippen molar-refractivity contribution in [3.05, 3.63) is 26.8 Å². The number of methoxy groups -OCH3 is 1. The first-order chi connectivity index (χ1) is 7.10. The number of esters is 1. The third kappa shape index (κ3) is 2.68. The lowest BCUT2D eigenvalue weighted by atomic mass is 10.1. The number of carbonyl (C=O) groups is 2. The summed E-state index contributed by atoms with van der Waals surface area (Å²) >= 11 is 2.12. The van der Waals surface area contributed by atoms with Gasteiger partial charge in [-0.1, -0.05) is 0 Å². The summed E-state index contributed by atoms with van der Waals surface area (Å²) in [7, 11) is 1.31. The fourth-order valence-electron chi connectivity index (χ4n) is 1.14. The van der Waals surface area contributed by atoms with Crippen molar-refractivity contribution in [1.29, 1.82) is 0 Å². The molecular formula is C10H10INO3. The Labute approximate surface area is 101 Å². The Kier molecular flexibility index (Phi) is 4.07. The smallest absolute Gasteiger partial charge is 0.340 e. The zero-order valence-corrected chi connectivity index (χ0v) is 10.5. The first-order valence-corrected chi connectivity index (χ1v) is 5.26. The number of hydrogen-bond acceptors (Lipinski definition) is 3. The number of halogens is 1. The van der Waals surface area contributed by atoms with E-state index in [-0.39, 0.29) is 0 Å². The largest absolute Gasteiger partial charge is 0.465 e. The van der Waals surface area contributed by atoms with Crippen molar-refractivity contribution >= 4 is 40.7 Å². The minimum Gasteiger partial charge on any atom is -0.465 e. The van der Waals surface area contributed by atoms with Gasteiger partial charge in [-0.3, -0.25) is 4.79 Å². The Hall–Kier alpha value is -1.11. The molecule has 0 radical (unpaired) electrons. The summed E-state index contributed by atoms with van der Waals surface area (Å²) in [6, 6.07) is 3.43. The van der Waals surface area contributed by atoms with E-state index in [0.717, 1.165) is 9.13 Å². The fourth-order valence-corrected chi connectivity index (χ4v) is 1.61. The van der Waals surface area contributed by atoms with Gasteiger partial charge in [-0.05, 0) is 47.2 Å². The van der Waals surface area contributed by atoms with E-state index in [1.165, 1.54) is 7.11 Å². The summed E-state index contributed by atoms with van der Waals surface area (Å²) < 4.78 is 5.57. The third-order valence-electron chi connectivity index (χ3n) is 1.92. The second-order valence-electron chi connectivity index (χ2n) is 2.90. The van der Waals surface area contributed by atoms with Crippen molar-refractivity contribution in [2.45, 2.75) is 6.92 Å². The number of carbonyl (C=O) groups excluding carboxylic acids is 2. The molecule has 4 nitrogen and oxygen atoms in total. The molecule has 0 heterocycles. The summed E-state index contributed by atoms with van der Waals surface area (Å²) in [4.78, 5) is 21.8. The van der Waals surface area contributed by atoms with E-state index < -0.39 is 5.97 Å². The van der Waals surface area contributed by atoms with E-state index in [4.69, 9.17) is 0 Å². The van der Waals surface area contributed by atoms with Crippen LogP contribution in [0.15, 0.2) is 12.1 Å². The number of aryl methyl sites for hydroxylation is 1. The van der Waals surface area contributed by atoms with Gasteiger partial charge < -0.3 is 10.1 Å². The van der Waals surface area contributed by atoms with Crippen LogP contribution >= 0.6 is 22.6 Å². The standard InChI is InChI=1S/C10H10INO3/c1-6-3-9(12-5-13)7(4-8(6)11)10(14)15-2/h3-5H,1-2H3,(H,12,13). The molecule has 0 bridgehead atoms. The van der Waals surface area contributed by atoms with E-state index in [1.807, 2.05) is 6.92 Å². The maximum absolute atomic E-state index is 11.4. The first-order valence-electron chi connectivity index (χ1n) is 4.18. The number of ether oxygens (including phenoxy) is 1. The fraction of sp³-hybridized carbons (Fsp3) is 0.200. The Bertz CT molecular complexity index is 404. The summed E-state index contributed by atoms with van der Waals surface area (Å²) in [6.07, 6.45) is 0.536. The zero-order chi connectivity index (χ0) is 11.4. The number of anilines is 1. The summed E-state index contributed by atoms with van der Waals surface area (Å²) in [5, 5.41) is 2.47. The molecule has 0 aliphatic rings. The maximum Gasteiger partial charge on any atom is 0.340 e. The molecule has 1 rings (SSSR count). The molecule has 0 aliphatic heterocycles. The summed E-state index contributed by atoms with van der Waals surface area (Å²) in [5.41, 5.74) is 1.82. The average molecular weight is 319 g/mol. The van der Waals surface area contributed by atoms with Crippen molar-refractivity contribution < 1.29 is 14.3 Å². The maximum atomic E-state index is 11.4. The highest BCUT2D eigenvalue weighted by Gasteiger charge is 2.13. The molecule has 0 aromatic heterocycles. The van der Waals surface area contributed by atoms with Gasteiger partial charge in [0.2, 0.25) is 6.41 Å². The highest BCUT2D eigenvalue weighted by atomic mass is 127. The molecule has 80 valence electrons. The van der Waals surface area contributed by atoms with Gasteiger partial charge >= 0.3 is 5.97 Å². The zero-order valence-electron chi connectivity index (χ0n) is 8.33. The topological polar surface area (TPSA) is 55.4 Å². The van der Waals surface area contributed by atoms with Crippen LogP contribution in [0.5, 0.6) is 0 Å². The number of benzene rings is 1. The molecule has 1 aromatic carbocycles. The van der Waals surface area contributed by atoms with Gasteiger partial charge in [0.25, 0.3) is 0 Å². The number of nitrogens with one attached hydrogen (secondary N) is 1. The van der Waals surface area contributed by atoms with Crippen LogP contribution in [0.2, 0.25) is 0 Å². The normalized spacial score (nSPS) is 9.53. The van der Waals surface area contributed by atoms with Crippen LogP contribution in [0.4, 0.5) is 5.69 Å². The highest BCUT2D eigenvalue weighted by molar-refractivity contribution is 14.1. The van der Waals surface area contributed by atoms with Crippen molar-refractivity contribution in [2.24, 2.45) is 0 Å². The Balaban J connectivity index is 3.27. The van der Waals surface area contributed by atoms with Gasteiger partial charge in [0.15, 0.2) is 0 Å². The molecule has 1 amide bonds. The Morgan fingerprint density at radius 3 is 2.73 bits per heavy atom. The molecule has 0 fully saturated rings. The van der Waals surface area contributed by atoms with Gasteiger partial charge in [-0.2, -0.15) is 0 Å². The highest BCUT2D eigenvalue weighted by Crippen LogP contribution is 2.22. The predicted molar refractivity (Wildman–Crippen MR) is 64.9 cm³/mol. The number of amides is 1. The van der Waals surface area contributed by atoms with Gasteiger partial charge in [0.05, 0.1) is 18.4 Å². The first kappa shape index (κ1) is 12.0. The van der Waals surface area contributed by atoms with Crippen LogP contribution in [0, 0.1) is 10.5 Å². The molecule has 0 saturated carbocycles. The van der Waals surface area contributed by atoms with Crippen LogP contribution in [-0.2, 0) is 9.53 Å². The van der Waals surface area contributed by atoms with Gasteiger partial charge in [0.1, 0.15) is 0 Å². The summed E-state index contributed by atoms with van der Waals surface area (Å²) in [6.45, 7) is 1.90. The van der Waals surface area contributed by atoms with Crippen LogP contribution in [0.3, 0.4) is 0 Å². The Morgan fingerprint density at radius 1 is 1.53 bits per heavy atom. The monoisotopic (exact) mass is 319 g/mol. The molecule has 1 N–H and O–H groups in total. The third-order valence-corrected chi connectivity index (χ3v) is 3.08. The summed E-state index contributed by atoms with van der Waals surface area (Å²) in [5.74, 6) is -0.461. The van der Waals surface area contributed by atoms with Crippen molar-refractivity contribution in [1.82, 2.24) is 0 Å². The molecule has 1 aromatic rings. The lowest BCUT2D eigenvalue weighted by Gasteiger charge is -2.09. The van der Waals surface area contributed by atoms with E-state index in [0.29, 0.717) is 17.7 Å². The minimum absolute atomic E-state index is 0.361. The van der Waals surface area contributed by atoms with Gasteiger partial charge in [0, 0.05) is 3.57 Å². The molecule has 15 heavy (non-hydrogen) atoms. The van der Waals surface area contributed by atoms with E-state index in [9.17, 15) is 9.59 Å². The SMILES string of the molecule is COC(=O)c1cc(I)c(C)cc1NC=O. The molecule has 0 saturated heterocycles. The van der Waals surface area contributed by atoms with Crippen LogP contribution < -0.4 is 5.32 Å². The second kappa shape index (κ2) is 5.11. The van der Waals surface area contributed by atoms with Crippen molar-refractivity contribution in [3.8, 4) is 0 Å². The Morgan fingerprint density at radius 2 is 2.20 bits per heavy atom. The van der Waals surface area contributed by atoms with Crippen LogP contribution in [0.25, 0.3) is 0 Å². The van der Waals surface area contributed by atoms with Crippen LogP contribution in [-0.4, -0.2) is 19.5 Å². The minimum atomic E-state index is -0.461.